The van der Waals surface area contributed by atoms with E-state index in [9.17, 15) is 4.79 Å². The van der Waals surface area contributed by atoms with Crippen molar-refractivity contribution in [3.8, 4) is 0 Å². The van der Waals surface area contributed by atoms with Gasteiger partial charge in [0.05, 0.1) is 6.42 Å². The highest BCUT2D eigenvalue weighted by Crippen LogP contribution is 2.17. The standard InChI is InChI=1S/C11H13NO/c1-8-3-2-4-9-7-11(13)12-6-5-10(8)9/h2-4H,5-7H2,1H3,(H,12,13). The van der Waals surface area contributed by atoms with Gasteiger partial charge in [-0.3, -0.25) is 4.79 Å². The number of rotatable bonds is 0. The smallest absolute Gasteiger partial charge is 0.224 e. The molecule has 1 aromatic rings. The zero-order valence-corrected chi connectivity index (χ0v) is 7.76. The quantitative estimate of drug-likeness (QED) is 0.631. The van der Waals surface area contributed by atoms with Crippen LogP contribution in [0.2, 0.25) is 0 Å². The molecule has 1 aliphatic rings. The SMILES string of the molecule is Cc1cccc2c1CCNC(=O)C2. The molecular formula is C11H13NO. The zero-order valence-electron chi connectivity index (χ0n) is 7.76. The van der Waals surface area contributed by atoms with Crippen LogP contribution >= 0.6 is 0 Å². The van der Waals surface area contributed by atoms with E-state index in [0.717, 1.165) is 13.0 Å². The molecule has 68 valence electrons. The van der Waals surface area contributed by atoms with Gasteiger partial charge in [-0.1, -0.05) is 18.2 Å². The minimum absolute atomic E-state index is 0.143. The Labute approximate surface area is 78.0 Å². The molecule has 0 unspecified atom stereocenters. The molecular weight excluding hydrogens is 162 g/mol. The number of amides is 1. The molecule has 0 saturated heterocycles. The lowest BCUT2D eigenvalue weighted by atomic mass is 9.98. The van der Waals surface area contributed by atoms with Crippen molar-refractivity contribution in [3.05, 3.63) is 34.9 Å². The van der Waals surface area contributed by atoms with Crippen LogP contribution < -0.4 is 5.32 Å². The van der Waals surface area contributed by atoms with Gasteiger partial charge in [0.15, 0.2) is 0 Å². The Morgan fingerprint density at radius 3 is 3.08 bits per heavy atom. The van der Waals surface area contributed by atoms with Gasteiger partial charge in [0.1, 0.15) is 0 Å². The van der Waals surface area contributed by atoms with Crippen molar-refractivity contribution < 1.29 is 4.79 Å². The molecule has 2 heteroatoms. The molecule has 0 radical (unpaired) electrons. The van der Waals surface area contributed by atoms with E-state index in [-0.39, 0.29) is 5.91 Å². The van der Waals surface area contributed by atoms with E-state index in [2.05, 4.69) is 18.3 Å². The molecule has 0 spiro atoms. The van der Waals surface area contributed by atoms with E-state index in [1.165, 1.54) is 16.7 Å². The van der Waals surface area contributed by atoms with E-state index in [1.807, 2.05) is 12.1 Å². The summed E-state index contributed by atoms with van der Waals surface area (Å²) in [5.74, 6) is 0.143. The predicted octanol–water partition coefficient (Wildman–Crippen LogP) is 1.21. The Bertz CT molecular complexity index is 344. The van der Waals surface area contributed by atoms with E-state index in [4.69, 9.17) is 0 Å². The van der Waals surface area contributed by atoms with Gasteiger partial charge in [0.25, 0.3) is 0 Å². The van der Waals surface area contributed by atoms with Gasteiger partial charge in [-0.2, -0.15) is 0 Å². The lowest BCUT2D eigenvalue weighted by Gasteiger charge is -2.06. The third kappa shape index (κ3) is 1.57. The summed E-state index contributed by atoms with van der Waals surface area (Å²) in [4.78, 5) is 11.2. The Balaban J connectivity index is 2.45. The second-order valence-electron chi connectivity index (χ2n) is 3.49. The summed E-state index contributed by atoms with van der Waals surface area (Å²) in [7, 11) is 0. The van der Waals surface area contributed by atoms with Gasteiger partial charge in [-0.15, -0.1) is 0 Å². The summed E-state index contributed by atoms with van der Waals surface area (Å²) < 4.78 is 0. The predicted molar refractivity (Wildman–Crippen MR) is 51.6 cm³/mol. The minimum atomic E-state index is 0.143. The summed E-state index contributed by atoms with van der Waals surface area (Å²) in [6, 6.07) is 6.18. The average Bonchev–Trinajstić information content (AvgIpc) is 2.27. The van der Waals surface area contributed by atoms with Crippen LogP contribution in [0.3, 0.4) is 0 Å². The van der Waals surface area contributed by atoms with Crippen LogP contribution in [0.4, 0.5) is 0 Å². The van der Waals surface area contributed by atoms with Crippen molar-refractivity contribution in [1.29, 1.82) is 0 Å². The average molecular weight is 175 g/mol. The summed E-state index contributed by atoms with van der Waals surface area (Å²) in [5.41, 5.74) is 3.84. The van der Waals surface area contributed by atoms with Gasteiger partial charge in [-0.25, -0.2) is 0 Å². The second kappa shape index (κ2) is 3.21. The largest absolute Gasteiger partial charge is 0.355 e. The molecule has 0 atom stereocenters. The van der Waals surface area contributed by atoms with Crippen molar-refractivity contribution in [2.24, 2.45) is 0 Å². The number of nitrogens with one attached hydrogen (secondary N) is 1. The van der Waals surface area contributed by atoms with Crippen LogP contribution in [-0.4, -0.2) is 12.5 Å². The molecule has 13 heavy (non-hydrogen) atoms. The molecule has 1 aliphatic heterocycles. The van der Waals surface area contributed by atoms with Gasteiger partial charge in [0, 0.05) is 6.54 Å². The highest BCUT2D eigenvalue weighted by molar-refractivity contribution is 5.79. The maximum absolute atomic E-state index is 11.2. The molecule has 0 aliphatic carbocycles. The molecule has 0 fully saturated rings. The first-order chi connectivity index (χ1) is 6.27. The van der Waals surface area contributed by atoms with E-state index >= 15 is 0 Å². The number of hydrogen-bond acceptors (Lipinski definition) is 1. The second-order valence-corrected chi connectivity index (χ2v) is 3.49. The Morgan fingerprint density at radius 1 is 1.38 bits per heavy atom. The number of aryl methyl sites for hydroxylation is 1. The minimum Gasteiger partial charge on any atom is -0.355 e. The summed E-state index contributed by atoms with van der Waals surface area (Å²) >= 11 is 0. The molecule has 1 N–H and O–H groups in total. The van der Waals surface area contributed by atoms with Gasteiger partial charge < -0.3 is 5.32 Å². The number of carbonyl (C=O) groups is 1. The van der Waals surface area contributed by atoms with Gasteiger partial charge >= 0.3 is 0 Å². The van der Waals surface area contributed by atoms with Gasteiger partial charge in [-0.05, 0) is 30.0 Å². The number of carbonyl (C=O) groups excluding carboxylic acids is 1. The normalized spacial score (nSPS) is 15.9. The molecule has 1 aromatic carbocycles. The first kappa shape index (κ1) is 8.30. The topological polar surface area (TPSA) is 29.1 Å². The molecule has 1 heterocycles. The molecule has 2 rings (SSSR count). The van der Waals surface area contributed by atoms with Crippen molar-refractivity contribution in [3.63, 3.8) is 0 Å². The summed E-state index contributed by atoms with van der Waals surface area (Å²) in [6.45, 7) is 2.88. The molecule has 0 bridgehead atoms. The highest BCUT2D eigenvalue weighted by atomic mass is 16.1. The molecule has 1 amide bonds. The first-order valence-electron chi connectivity index (χ1n) is 4.61. The fraction of sp³-hybridized carbons (Fsp3) is 0.364. The third-order valence-electron chi connectivity index (χ3n) is 2.56. The number of fused-ring (bicyclic) bond motifs is 1. The van der Waals surface area contributed by atoms with Crippen molar-refractivity contribution >= 4 is 5.91 Å². The number of hydrogen-bond donors (Lipinski definition) is 1. The van der Waals surface area contributed by atoms with Crippen LogP contribution in [0.5, 0.6) is 0 Å². The van der Waals surface area contributed by atoms with E-state index in [1.54, 1.807) is 0 Å². The maximum Gasteiger partial charge on any atom is 0.224 e. The van der Waals surface area contributed by atoms with Crippen LogP contribution in [0.1, 0.15) is 16.7 Å². The lowest BCUT2D eigenvalue weighted by Crippen LogP contribution is -2.24. The van der Waals surface area contributed by atoms with Crippen molar-refractivity contribution in [2.45, 2.75) is 19.8 Å². The molecule has 0 saturated carbocycles. The Hall–Kier alpha value is -1.31. The van der Waals surface area contributed by atoms with Crippen LogP contribution in [0.15, 0.2) is 18.2 Å². The van der Waals surface area contributed by atoms with Crippen LogP contribution in [-0.2, 0) is 17.6 Å². The highest BCUT2D eigenvalue weighted by Gasteiger charge is 2.13. The first-order valence-corrected chi connectivity index (χ1v) is 4.61. The van der Waals surface area contributed by atoms with Gasteiger partial charge in [0.2, 0.25) is 5.91 Å². The van der Waals surface area contributed by atoms with Crippen LogP contribution in [0.25, 0.3) is 0 Å². The summed E-state index contributed by atoms with van der Waals surface area (Å²) in [5, 5.41) is 2.88. The van der Waals surface area contributed by atoms with Crippen molar-refractivity contribution in [1.82, 2.24) is 5.32 Å². The lowest BCUT2D eigenvalue weighted by molar-refractivity contribution is -0.120. The fourth-order valence-corrected chi connectivity index (χ4v) is 1.85. The van der Waals surface area contributed by atoms with Crippen LogP contribution in [0, 0.1) is 6.92 Å². The molecule has 2 nitrogen and oxygen atoms in total. The summed E-state index contributed by atoms with van der Waals surface area (Å²) in [6.07, 6.45) is 1.50. The Kier molecular flexibility index (Phi) is 2.05. The zero-order chi connectivity index (χ0) is 9.26. The van der Waals surface area contributed by atoms with Crippen molar-refractivity contribution in [2.75, 3.05) is 6.54 Å². The fourth-order valence-electron chi connectivity index (χ4n) is 1.85. The number of benzene rings is 1. The monoisotopic (exact) mass is 175 g/mol. The third-order valence-corrected chi connectivity index (χ3v) is 2.56. The molecule has 0 aromatic heterocycles. The maximum atomic E-state index is 11.2. The van der Waals surface area contributed by atoms with E-state index < -0.39 is 0 Å². The Morgan fingerprint density at radius 2 is 2.23 bits per heavy atom. The van der Waals surface area contributed by atoms with E-state index in [0.29, 0.717) is 6.42 Å².